The van der Waals surface area contributed by atoms with Gasteiger partial charge in [-0.1, -0.05) is 20.8 Å². The molecule has 10 heteroatoms. The first-order valence-corrected chi connectivity index (χ1v) is 15.9. The van der Waals surface area contributed by atoms with Crippen molar-refractivity contribution in [2.24, 2.45) is 40.7 Å². The molecule has 0 spiro atoms. The fourth-order valence-electron chi connectivity index (χ4n) is 9.48. The quantitative estimate of drug-likeness (QED) is 0.292. The number of benzene rings is 1. The number of carbonyl (C=O) groups excluding carboxylic acids is 3. The summed E-state index contributed by atoms with van der Waals surface area (Å²) in [5, 5.41) is 45.2. The van der Waals surface area contributed by atoms with Crippen LogP contribution in [0.15, 0.2) is 23.0 Å². The largest absolute Gasteiger partial charge is 0.508 e. The Morgan fingerprint density at radius 2 is 1.77 bits per heavy atom. The summed E-state index contributed by atoms with van der Waals surface area (Å²) >= 11 is 0. The van der Waals surface area contributed by atoms with E-state index in [9.17, 15) is 34.8 Å². The third kappa shape index (κ3) is 4.24. The lowest BCUT2D eigenvalue weighted by Crippen LogP contribution is -2.58. The molecule has 0 radical (unpaired) electrons. The summed E-state index contributed by atoms with van der Waals surface area (Å²) in [4.78, 5) is 42.8. The molecule has 4 fully saturated rings. The van der Waals surface area contributed by atoms with Crippen LogP contribution in [0.1, 0.15) is 69.6 Å². The van der Waals surface area contributed by atoms with Gasteiger partial charge in [0.2, 0.25) is 5.78 Å². The summed E-state index contributed by atoms with van der Waals surface area (Å²) in [5.41, 5.74) is 4.82. The lowest BCUT2D eigenvalue weighted by molar-refractivity contribution is -0.147. The molecule has 0 saturated heterocycles. The highest BCUT2D eigenvalue weighted by Gasteiger charge is 2.60. The second-order valence-electron chi connectivity index (χ2n) is 14.6. The van der Waals surface area contributed by atoms with Crippen LogP contribution >= 0.6 is 0 Å². The summed E-state index contributed by atoms with van der Waals surface area (Å²) in [6, 6.07) is 1.66. The monoisotopic (exact) mass is 607 g/mol. The molecule has 1 aromatic rings. The number of nitrogens with two attached hydrogens (primary N) is 1. The van der Waals surface area contributed by atoms with E-state index >= 15 is 0 Å². The van der Waals surface area contributed by atoms with Gasteiger partial charge >= 0.3 is 0 Å². The van der Waals surface area contributed by atoms with Gasteiger partial charge in [-0.05, 0) is 84.9 Å². The van der Waals surface area contributed by atoms with E-state index in [-0.39, 0.29) is 36.1 Å². The third-order valence-corrected chi connectivity index (χ3v) is 11.9. The molecule has 10 nitrogen and oxygen atoms in total. The number of rotatable bonds is 7. The van der Waals surface area contributed by atoms with Crippen LogP contribution in [0.3, 0.4) is 0 Å². The van der Waals surface area contributed by atoms with Crippen LogP contribution in [-0.4, -0.2) is 75.6 Å². The van der Waals surface area contributed by atoms with Gasteiger partial charge in [0, 0.05) is 50.8 Å². The van der Waals surface area contributed by atoms with Crippen LogP contribution < -0.4 is 10.6 Å². The van der Waals surface area contributed by atoms with Gasteiger partial charge in [0.15, 0.2) is 11.4 Å². The highest BCUT2D eigenvalue weighted by atomic mass is 16.3. The fraction of sp³-hybridized carbons (Fsp3) is 0.618. The second-order valence-corrected chi connectivity index (χ2v) is 14.6. The highest BCUT2D eigenvalue weighted by Crippen LogP contribution is 2.61. The Hall–Kier alpha value is -3.37. The number of Topliss-reactive ketones (excluding diaryl/α,β-unsaturated/α-hetero) is 2. The number of aliphatic hydroxyl groups excluding tert-OH is 2. The number of aliphatic hydroxyl groups is 3. The second kappa shape index (κ2) is 10.3. The lowest BCUT2D eigenvalue weighted by Gasteiger charge is -2.60. The van der Waals surface area contributed by atoms with Crippen molar-refractivity contribution in [2.75, 3.05) is 32.1 Å². The molecule has 1 aromatic carbocycles. The van der Waals surface area contributed by atoms with E-state index in [1.165, 1.54) is 19.3 Å². The molecule has 0 heterocycles. The number of primary amides is 1. The van der Waals surface area contributed by atoms with Crippen LogP contribution in [0, 0.1) is 35.0 Å². The van der Waals surface area contributed by atoms with Crippen LogP contribution in [0.2, 0.25) is 0 Å². The fourth-order valence-corrected chi connectivity index (χ4v) is 9.48. The number of fused-ring (bicyclic) bond motifs is 5. The van der Waals surface area contributed by atoms with E-state index in [1.54, 1.807) is 6.07 Å². The first-order valence-electron chi connectivity index (χ1n) is 15.9. The molecule has 0 aromatic heterocycles. The Balaban J connectivity index is 1.38. The molecule has 44 heavy (non-hydrogen) atoms. The van der Waals surface area contributed by atoms with Gasteiger partial charge in [-0.15, -0.1) is 0 Å². The van der Waals surface area contributed by atoms with Crippen molar-refractivity contribution in [3.8, 4) is 5.75 Å². The Morgan fingerprint density at radius 1 is 1.07 bits per heavy atom. The summed E-state index contributed by atoms with van der Waals surface area (Å²) in [6.45, 7) is 9.41. The zero-order valence-electron chi connectivity index (χ0n) is 26.3. The van der Waals surface area contributed by atoms with Gasteiger partial charge in [-0.25, -0.2) is 0 Å². The molecular weight excluding hydrogens is 562 g/mol. The zero-order valence-corrected chi connectivity index (χ0v) is 26.3. The Bertz CT molecular complexity index is 1520. The number of phenols is 1. The van der Waals surface area contributed by atoms with Gasteiger partial charge < -0.3 is 31.1 Å². The van der Waals surface area contributed by atoms with E-state index in [1.807, 2.05) is 19.0 Å². The molecule has 6 aliphatic carbocycles. The van der Waals surface area contributed by atoms with Crippen LogP contribution in [0.25, 0.3) is 5.76 Å². The van der Waals surface area contributed by atoms with E-state index in [2.05, 4.69) is 25.7 Å². The molecule has 4 saturated carbocycles. The van der Waals surface area contributed by atoms with Gasteiger partial charge in [0.25, 0.3) is 5.91 Å². The number of amides is 1. The van der Waals surface area contributed by atoms with Gasteiger partial charge in [0.05, 0.1) is 5.56 Å². The van der Waals surface area contributed by atoms with Crippen molar-refractivity contribution in [1.82, 2.24) is 4.90 Å². The summed E-state index contributed by atoms with van der Waals surface area (Å²) in [5.74, 6) is -3.99. The number of aromatic hydroxyl groups is 1. The Labute approximate surface area is 258 Å². The SMILES string of the molecule is CCN(Cc1cc(O)c2c(c1N(C)C)CC1C[C@H]3CC(=O)C(C(N)=O)=C(O)[C@@]3(O)C(=O)C1=C2O)C[C@H]1CCC2CC1C2(C)C. The van der Waals surface area contributed by atoms with Gasteiger partial charge in [-0.2, -0.15) is 0 Å². The van der Waals surface area contributed by atoms with Crippen molar-refractivity contribution in [1.29, 1.82) is 0 Å². The molecular formula is C34H45N3O7. The predicted octanol–water partition coefficient (Wildman–Crippen LogP) is 3.38. The normalized spacial score (nSPS) is 32.2. The van der Waals surface area contributed by atoms with Gasteiger partial charge in [0.1, 0.15) is 22.8 Å². The van der Waals surface area contributed by atoms with E-state index < -0.39 is 52.0 Å². The van der Waals surface area contributed by atoms with Crippen LogP contribution in [0.4, 0.5) is 5.69 Å². The van der Waals surface area contributed by atoms with Crippen molar-refractivity contribution in [3.05, 3.63) is 39.7 Å². The molecule has 2 bridgehead atoms. The first-order chi connectivity index (χ1) is 20.6. The predicted molar refractivity (Wildman–Crippen MR) is 165 cm³/mol. The summed E-state index contributed by atoms with van der Waals surface area (Å²) < 4.78 is 0. The van der Waals surface area contributed by atoms with E-state index in [0.29, 0.717) is 23.4 Å². The molecule has 3 unspecified atom stereocenters. The molecule has 238 valence electrons. The van der Waals surface area contributed by atoms with Crippen molar-refractivity contribution < 1.29 is 34.8 Å². The maximum Gasteiger partial charge on any atom is 0.255 e. The molecule has 0 aliphatic heterocycles. The van der Waals surface area contributed by atoms with Crippen molar-refractivity contribution in [3.63, 3.8) is 0 Å². The minimum Gasteiger partial charge on any atom is -0.508 e. The number of hydrogen-bond acceptors (Lipinski definition) is 9. The minimum atomic E-state index is -2.56. The zero-order chi connectivity index (χ0) is 32.0. The van der Waals surface area contributed by atoms with E-state index in [4.69, 9.17) is 5.73 Å². The number of phenolic OH excluding ortho intramolecular Hbond substituents is 1. The number of anilines is 1. The van der Waals surface area contributed by atoms with Crippen LogP contribution in [-0.2, 0) is 27.3 Å². The highest BCUT2D eigenvalue weighted by molar-refractivity contribution is 6.22. The number of hydrogen-bond donors (Lipinski definition) is 5. The minimum absolute atomic E-state index is 0.113. The third-order valence-electron chi connectivity index (χ3n) is 11.9. The average Bonchev–Trinajstić information content (AvgIpc) is 2.94. The number of carbonyl (C=O) groups is 3. The maximum absolute atomic E-state index is 13.8. The van der Waals surface area contributed by atoms with Gasteiger partial charge in [-0.3, -0.25) is 19.3 Å². The maximum atomic E-state index is 13.8. The summed E-state index contributed by atoms with van der Waals surface area (Å²) in [6.07, 6.45) is 3.90. The average molecular weight is 608 g/mol. The molecule has 6 N–H and O–H groups in total. The topological polar surface area (TPSA) is 165 Å². The van der Waals surface area contributed by atoms with Crippen LogP contribution in [0.5, 0.6) is 5.75 Å². The van der Waals surface area contributed by atoms with Crippen molar-refractivity contribution in [2.45, 2.75) is 71.4 Å². The molecule has 1 amide bonds. The first kappa shape index (κ1) is 30.6. The van der Waals surface area contributed by atoms with Crippen molar-refractivity contribution >= 4 is 28.9 Å². The Morgan fingerprint density at radius 3 is 2.36 bits per heavy atom. The lowest BCUT2D eigenvalue weighted by atomic mass is 9.45. The number of nitrogens with zero attached hydrogens (tertiary/aromatic N) is 2. The molecule has 6 atom stereocenters. The summed E-state index contributed by atoms with van der Waals surface area (Å²) in [7, 11) is 3.83. The molecule has 6 aliphatic rings. The van der Waals surface area contributed by atoms with E-state index in [0.717, 1.165) is 36.2 Å². The smallest absolute Gasteiger partial charge is 0.255 e. The number of ketones is 2. The standard InChI is InChI=1S/C34H45N3O7/c1-6-37(14-16-7-8-19-12-22(16)33(19,2)3)15-18-11-23(38)26-21(28(18)36(4)5)10-17-9-20-13-24(39)27(32(35)43)31(42)34(20,44)30(41)25(17)29(26)40/h11,16-17,19-20,22,38,40,42,44H,6-10,12-15H2,1-5H3,(H2,35,43)/t16-,17?,19?,20+,22?,34+/m1/s1. The molecule has 7 rings (SSSR count). The Kier molecular flexibility index (Phi) is 7.20.